The topological polar surface area (TPSA) is 87.4 Å². The summed E-state index contributed by atoms with van der Waals surface area (Å²) in [5, 5.41) is 5.36. The number of nitrogens with one attached hydrogen (secondary N) is 2. The summed E-state index contributed by atoms with van der Waals surface area (Å²) in [6, 6.07) is 5.84. The Hall–Kier alpha value is -2.45. The number of hydrogen-bond donors (Lipinski definition) is 2. The van der Waals surface area contributed by atoms with E-state index < -0.39 is 5.82 Å². The minimum Gasteiger partial charge on any atom is -0.382 e. The number of nitrogens with zero attached hydrogens (tertiary/aromatic N) is 1. The Morgan fingerprint density at radius 2 is 2.15 bits per heavy atom. The zero-order chi connectivity index (χ0) is 18.5. The number of hydrogen-bond acceptors (Lipinski definition) is 4. The highest BCUT2D eigenvalue weighted by Crippen LogP contribution is 2.26. The molecule has 0 aliphatic carbocycles. The first-order chi connectivity index (χ1) is 12.6. The molecule has 2 heterocycles. The van der Waals surface area contributed by atoms with Gasteiger partial charge in [-0.15, -0.1) is 0 Å². The molecular weight excluding hydrogens is 341 g/mol. The van der Waals surface area contributed by atoms with E-state index in [4.69, 9.17) is 9.47 Å². The van der Waals surface area contributed by atoms with Crippen molar-refractivity contribution < 1.29 is 18.7 Å². The number of aromatic amines is 2. The Morgan fingerprint density at radius 1 is 1.31 bits per heavy atom. The predicted octanol–water partition coefficient (Wildman–Crippen LogP) is 1.63. The first kappa shape index (κ1) is 18.3. The van der Waals surface area contributed by atoms with Gasteiger partial charge in [0.1, 0.15) is 5.82 Å². The van der Waals surface area contributed by atoms with Gasteiger partial charge in [-0.1, -0.05) is 0 Å². The molecule has 7 nitrogen and oxygen atoms in total. The summed E-state index contributed by atoms with van der Waals surface area (Å²) in [7, 11) is 1.57. The Labute approximate surface area is 150 Å². The Bertz CT molecular complexity index is 817. The van der Waals surface area contributed by atoms with E-state index in [0.29, 0.717) is 37.4 Å². The van der Waals surface area contributed by atoms with Crippen LogP contribution in [0.5, 0.6) is 0 Å². The number of carbonyl (C=O) groups is 1. The monoisotopic (exact) mass is 363 g/mol. The average Bonchev–Trinajstić information content (AvgIpc) is 3.28. The van der Waals surface area contributed by atoms with Crippen LogP contribution in [0.15, 0.2) is 29.1 Å². The van der Waals surface area contributed by atoms with Gasteiger partial charge >= 0.3 is 0 Å². The lowest BCUT2D eigenvalue weighted by atomic mass is 10.1. The van der Waals surface area contributed by atoms with Crippen LogP contribution < -0.4 is 5.56 Å². The van der Waals surface area contributed by atoms with Crippen LogP contribution in [0.4, 0.5) is 4.39 Å². The number of carbonyl (C=O) groups excluding carboxylic acids is 1. The van der Waals surface area contributed by atoms with Crippen LogP contribution in [0.3, 0.4) is 0 Å². The maximum Gasteiger partial charge on any atom is 0.264 e. The molecular formula is C18H22FN3O4. The fraction of sp³-hybridized carbons (Fsp3) is 0.444. The van der Waals surface area contributed by atoms with Gasteiger partial charge in [-0.2, -0.15) is 0 Å². The molecule has 140 valence electrons. The van der Waals surface area contributed by atoms with E-state index in [1.54, 1.807) is 12.0 Å². The van der Waals surface area contributed by atoms with Crippen LogP contribution in [-0.2, 0) is 16.1 Å². The number of benzene rings is 1. The summed E-state index contributed by atoms with van der Waals surface area (Å²) in [6.45, 7) is 1.98. The quantitative estimate of drug-likeness (QED) is 0.732. The van der Waals surface area contributed by atoms with Crippen LogP contribution >= 0.6 is 0 Å². The molecule has 0 bridgehead atoms. The molecule has 26 heavy (non-hydrogen) atoms. The minimum absolute atomic E-state index is 0.0868. The van der Waals surface area contributed by atoms with Gasteiger partial charge in [0.2, 0.25) is 0 Å². The molecule has 2 aromatic rings. The van der Waals surface area contributed by atoms with E-state index in [-0.39, 0.29) is 24.0 Å². The predicted molar refractivity (Wildman–Crippen MR) is 92.6 cm³/mol. The SMILES string of the molecule is COCCOCc1cc(C(=O)N2CCC(c3cc(=O)[nH][nH]3)C2)ccc1F. The molecule has 1 aliphatic rings. The highest BCUT2D eigenvalue weighted by Gasteiger charge is 2.29. The molecule has 3 rings (SSSR count). The number of H-pyrrole nitrogens is 2. The molecule has 1 unspecified atom stereocenters. The molecule has 1 fully saturated rings. The number of methoxy groups -OCH3 is 1. The number of ether oxygens (including phenoxy) is 2. The van der Waals surface area contributed by atoms with Crippen LogP contribution in [-0.4, -0.2) is 54.4 Å². The second-order valence-electron chi connectivity index (χ2n) is 6.30. The third kappa shape index (κ3) is 4.20. The molecule has 2 N–H and O–H groups in total. The van der Waals surface area contributed by atoms with E-state index in [2.05, 4.69) is 10.2 Å². The number of amides is 1. The summed E-state index contributed by atoms with van der Waals surface area (Å²) < 4.78 is 24.2. The van der Waals surface area contributed by atoms with Gasteiger partial charge in [-0.3, -0.25) is 14.7 Å². The Kier molecular flexibility index (Phi) is 5.85. The average molecular weight is 363 g/mol. The van der Waals surface area contributed by atoms with E-state index in [1.807, 2.05) is 0 Å². The van der Waals surface area contributed by atoms with Crippen molar-refractivity contribution >= 4 is 5.91 Å². The largest absolute Gasteiger partial charge is 0.382 e. The maximum atomic E-state index is 13.9. The third-order valence-electron chi connectivity index (χ3n) is 4.51. The Balaban J connectivity index is 1.65. The van der Waals surface area contributed by atoms with Gasteiger partial charge in [0, 0.05) is 49.0 Å². The van der Waals surface area contributed by atoms with Crippen LogP contribution in [0.2, 0.25) is 0 Å². The highest BCUT2D eigenvalue weighted by atomic mass is 19.1. The lowest BCUT2D eigenvalue weighted by Gasteiger charge is -2.17. The first-order valence-corrected chi connectivity index (χ1v) is 8.50. The minimum atomic E-state index is -0.400. The van der Waals surface area contributed by atoms with Crippen molar-refractivity contribution in [3.8, 4) is 0 Å². The molecule has 1 aromatic heterocycles. The van der Waals surface area contributed by atoms with E-state index >= 15 is 0 Å². The Morgan fingerprint density at radius 3 is 2.88 bits per heavy atom. The number of rotatable bonds is 7. The smallest absolute Gasteiger partial charge is 0.264 e. The van der Waals surface area contributed by atoms with Gasteiger partial charge < -0.3 is 19.5 Å². The number of likely N-dealkylation sites (tertiary alicyclic amines) is 1. The van der Waals surface area contributed by atoms with Gasteiger partial charge in [-0.25, -0.2) is 4.39 Å². The van der Waals surface area contributed by atoms with Gasteiger partial charge in [0.15, 0.2) is 0 Å². The molecule has 8 heteroatoms. The van der Waals surface area contributed by atoms with Crippen LogP contribution in [0.1, 0.15) is 34.0 Å². The van der Waals surface area contributed by atoms with Crippen LogP contribution in [0, 0.1) is 5.82 Å². The molecule has 1 saturated heterocycles. The summed E-state index contributed by atoms with van der Waals surface area (Å²) in [6.07, 6.45) is 0.772. The zero-order valence-electron chi connectivity index (χ0n) is 14.6. The van der Waals surface area contributed by atoms with Crippen molar-refractivity contribution in [2.45, 2.75) is 18.9 Å². The van der Waals surface area contributed by atoms with Crippen molar-refractivity contribution in [2.24, 2.45) is 0 Å². The molecule has 1 aliphatic heterocycles. The van der Waals surface area contributed by atoms with Gasteiger partial charge in [0.05, 0.1) is 19.8 Å². The standard InChI is InChI=1S/C18H22FN3O4/c1-25-6-7-26-11-14-8-12(2-3-15(14)19)18(24)22-5-4-13(10-22)16-9-17(23)21-20-16/h2-3,8-9,13H,4-7,10-11H2,1H3,(H2,20,21,23). The third-order valence-corrected chi connectivity index (χ3v) is 4.51. The van der Waals surface area contributed by atoms with Crippen molar-refractivity contribution in [3.05, 3.63) is 57.3 Å². The normalized spacial score (nSPS) is 17.0. The molecule has 1 amide bonds. The fourth-order valence-corrected chi connectivity index (χ4v) is 3.09. The highest BCUT2D eigenvalue weighted by molar-refractivity contribution is 5.94. The molecule has 0 radical (unpaired) electrons. The second kappa shape index (κ2) is 8.29. The van der Waals surface area contributed by atoms with E-state index in [1.165, 1.54) is 24.3 Å². The summed E-state index contributed by atoms with van der Waals surface area (Å²) >= 11 is 0. The number of aromatic nitrogens is 2. The van der Waals surface area contributed by atoms with Crippen molar-refractivity contribution in [3.63, 3.8) is 0 Å². The lowest BCUT2D eigenvalue weighted by molar-refractivity contribution is 0.0603. The summed E-state index contributed by atoms with van der Waals surface area (Å²) in [4.78, 5) is 25.7. The summed E-state index contributed by atoms with van der Waals surface area (Å²) in [5.41, 5.74) is 1.40. The van der Waals surface area contributed by atoms with Gasteiger partial charge in [0.25, 0.3) is 11.5 Å². The van der Waals surface area contributed by atoms with E-state index in [0.717, 1.165) is 12.1 Å². The lowest BCUT2D eigenvalue weighted by Crippen LogP contribution is -2.28. The van der Waals surface area contributed by atoms with E-state index in [9.17, 15) is 14.0 Å². The molecule has 0 spiro atoms. The zero-order valence-corrected chi connectivity index (χ0v) is 14.6. The maximum absolute atomic E-state index is 13.9. The van der Waals surface area contributed by atoms with Crippen molar-refractivity contribution in [2.75, 3.05) is 33.4 Å². The first-order valence-electron chi connectivity index (χ1n) is 8.50. The van der Waals surface area contributed by atoms with Gasteiger partial charge in [-0.05, 0) is 24.6 Å². The number of halogens is 1. The molecule has 0 saturated carbocycles. The van der Waals surface area contributed by atoms with Crippen molar-refractivity contribution in [1.29, 1.82) is 0 Å². The fourth-order valence-electron chi connectivity index (χ4n) is 3.09. The second-order valence-corrected chi connectivity index (χ2v) is 6.30. The molecule has 1 atom stereocenters. The van der Waals surface area contributed by atoms with Crippen LogP contribution in [0.25, 0.3) is 0 Å². The molecule has 1 aromatic carbocycles. The summed E-state index contributed by atoms with van der Waals surface area (Å²) in [5.74, 6) is -0.457. The van der Waals surface area contributed by atoms with Crippen molar-refractivity contribution in [1.82, 2.24) is 15.1 Å².